The Morgan fingerprint density at radius 2 is 2.22 bits per heavy atom. The molecule has 0 radical (unpaired) electrons. The second-order valence-corrected chi connectivity index (χ2v) is 6.67. The van der Waals surface area contributed by atoms with Crippen molar-refractivity contribution in [1.82, 2.24) is 15.1 Å². The molecule has 0 spiro atoms. The summed E-state index contributed by atoms with van der Waals surface area (Å²) in [5, 5.41) is 3.45. The minimum atomic E-state index is 0.781. The number of nitrogens with zero attached hydrogens (tertiary/aromatic N) is 3. The van der Waals surface area contributed by atoms with Crippen LogP contribution in [0.1, 0.15) is 31.9 Å². The highest BCUT2D eigenvalue weighted by molar-refractivity contribution is 5.80. The van der Waals surface area contributed by atoms with Gasteiger partial charge in [0.1, 0.15) is 5.76 Å². The van der Waals surface area contributed by atoms with Crippen LogP contribution in [0.25, 0.3) is 0 Å². The number of hydrogen-bond donors (Lipinski definition) is 1. The van der Waals surface area contributed by atoms with Crippen LogP contribution in [0.5, 0.6) is 0 Å². The van der Waals surface area contributed by atoms with E-state index >= 15 is 0 Å². The third-order valence-corrected chi connectivity index (χ3v) is 4.84. The van der Waals surface area contributed by atoms with Crippen molar-refractivity contribution in [2.75, 3.05) is 45.8 Å². The van der Waals surface area contributed by atoms with E-state index in [2.05, 4.69) is 22.0 Å². The van der Waals surface area contributed by atoms with Crippen molar-refractivity contribution in [3.05, 3.63) is 24.2 Å². The Bertz CT molecular complexity index is 479. The Labute approximate surface area is 139 Å². The summed E-state index contributed by atoms with van der Waals surface area (Å²) in [5.74, 6) is 2.88. The molecule has 2 aliphatic heterocycles. The zero-order chi connectivity index (χ0) is 15.9. The van der Waals surface area contributed by atoms with E-state index in [1.54, 1.807) is 6.26 Å². The average molecular weight is 318 g/mol. The van der Waals surface area contributed by atoms with Crippen molar-refractivity contribution in [1.29, 1.82) is 0 Å². The molecule has 3 heterocycles. The maximum Gasteiger partial charge on any atom is 0.193 e. The highest BCUT2D eigenvalue weighted by Gasteiger charge is 2.27. The van der Waals surface area contributed by atoms with Gasteiger partial charge in [-0.15, -0.1) is 0 Å². The van der Waals surface area contributed by atoms with Crippen molar-refractivity contribution in [2.24, 2.45) is 10.9 Å². The van der Waals surface area contributed by atoms with Gasteiger partial charge in [-0.2, -0.15) is 0 Å². The molecule has 2 fully saturated rings. The summed E-state index contributed by atoms with van der Waals surface area (Å²) in [6.45, 7) is 9.98. The summed E-state index contributed by atoms with van der Waals surface area (Å²) in [6.07, 6.45) is 6.65. The van der Waals surface area contributed by atoms with Crippen LogP contribution in [-0.4, -0.2) is 61.6 Å². The van der Waals surface area contributed by atoms with Crippen molar-refractivity contribution >= 4 is 5.96 Å². The summed E-state index contributed by atoms with van der Waals surface area (Å²) in [7, 11) is 0. The van der Waals surface area contributed by atoms with Gasteiger partial charge < -0.3 is 19.5 Å². The van der Waals surface area contributed by atoms with Gasteiger partial charge in [0.15, 0.2) is 5.96 Å². The van der Waals surface area contributed by atoms with Gasteiger partial charge in [-0.1, -0.05) is 0 Å². The Balaban J connectivity index is 1.49. The molecule has 23 heavy (non-hydrogen) atoms. The normalized spacial score (nSPS) is 22.9. The van der Waals surface area contributed by atoms with Gasteiger partial charge in [0.25, 0.3) is 0 Å². The highest BCUT2D eigenvalue weighted by Crippen LogP contribution is 2.20. The van der Waals surface area contributed by atoms with Crippen LogP contribution in [0.2, 0.25) is 0 Å². The zero-order valence-corrected chi connectivity index (χ0v) is 14.3. The van der Waals surface area contributed by atoms with E-state index in [9.17, 15) is 0 Å². The average Bonchev–Trinajstić information content (AvgIpc) is 3.29. The molecule has 0 aliphatic carbocycles. The SMILES string of the molecule is CCNC(=NCCc1ccco1)N1CCC(CN2CCCC2)C1. The number of nitrogens with one attached hydrogen (secondary N) is 1. The number of aliphatic imine (C=N–C) groups is 1. The molecule has 2 saturated heterocycles. The van der Waals surface area contributed by atoms with E-state index in [1.165, 1.54) is 38.9 Å². The minimum absolute atomic E-state index is 0.781. The molecule has 1 atom stereocenters. The van der Waals surface area contributed by atoms with Crippen LogP contribution in [0.15, 0.2) is 27.8 Å². The molecule has 1 aromatic rings. The number of guanidine groups is 1. The molecule has 0 amide bonds. The van der Waals surface area contributed by atoms with E-state index in [1.807, 2.05) is 12.1 Å². The molecule has 1 aromatic heterocycles. The molecule has 2 aliphatic rings. The highest BCUT2D eigenvalue weighted by atomic mass is 16.3. The minimum Gasteiger partial charge on any atom is -0.469 e. The third-order valence-electron chi connectivity index (χ3n) is 4.84. The van der Waals surface area contributed by atoms with E-state index in [-0.39, 0.29) is 0 Å². The fourth-order valence-corrected chi connectivity index (χ4v) is 3.66. The van der Waals surface area contributed by atoms with Gasteiger partial charge in [-0.05, 0) is 57.3 Å². The lowest BCUT2D eigenvalue weighted by Crippen LogP contribution is -2.41. The topological polar surface area (TPSA) is 44.0 Å². The summed E-state index contributed by atoms with van der Waals surface area (Å²) in [6, 6.07) is 3.96. The van der Waals surface area contributed by atoms with Crippen molar-refractivity contribution < 1.29 is 4.42 Å². The van der Waals surface area contributed by atoms with Crippen LogP contribution in [-0.2, 0) is 6.42 Å². The van der Waals surface area contributed by atoms with E-state index in [4.69, 9.17) is 9.41 Å². The van der Waals surface area contributed by atoms with Gasteiger partial charge in [0.2, 0.25) is 0 Å². The zero-order valence-electron chi connectivity index (χ0n) is 14.3. The number of likely N-dealkylation sites (tertiary alicyclic amines) is 2. The van der Waals surface area contributed by atoms with Gasteiger partial charge in [0, 0.05) is 39.1 Å². The molecule has 5 nitrogen and oxygen atoms in total. The number of hydrogen-bond acceptors (Lipinski definition) is 3. The summed E-state index contributed by atoms with van der Waals surface area (Å²) in [4.78, 5) is 9.87. The van der Waals surface area contributed by atoms with E-state index < -0.39 is 0 Å². The lowest BCUT2D eigenvalue weighted by Gasteiger charge is -2.23. The van der Waals surface area contributed by atoms with Crippen LogP contribution >= 0.6 is 0 Å². The Kier molecular flexibility index (Phi) is 5.97. The van der Waals surface area contributed by atoms with Crippen molar-refractivity contribution in [3.63, 3.8) is 0 Å². The second-order valence-electron chi connectivity index (χ2n) is 6.67. The fraction of sp³-hybridized carbons (Fsp3) is 0.722. The summed E-state index contributed by atoms with van der Waals surface area (Å²) >= 11 is 0. The molecule has 0 aromatic carbocycles. The quantitative estimate of drug-likeness (QED) is 0.645. The first-order chi connectivity index (χ1) is 11.3. The van der Waals surface area contributed by atoms with E-state index in [0.717, 1.165) is 50.2 Å². The molecule has 5 heteroatoms. The molecular formula is C18H30N4O. The van der Waals surface area contributed by atoms with Gasteiger partial charge in [-0.25, -0.2) is 0 Å². The Hall–Kier alpha value is -1.49. The third kappa shape index (κ3) is 4.74. The molecule has 0 saturated carbocycles. The first kappa shape index (κ1) is 16.4. The lowest BCUT2D eigenvalue weighted by atomic mass is 10.1. The number of furan rings is 1. The maximum absolute atomic E-state index is 5.38. The maximum atomic E-state index is 5.38. The monoisotopic (exact) mass is 318 g/mol. The Morgan fingerprint density at radius 3 is 2.96 bits per heavy atom. The van der Waals surface area contributed by atoms with E-state index in [0.29, 0.717) is 0 Å². The Morgan fingerprint density at radius 1 is 1.35 bits per heavy atom. The molecule has 3 rings (SSSR count). The predicted molar refractivity (Wildman–Crippen MR) is 93.7 cm³/mol. The molecule has 1 N–H and O–H groups in total. The fourth-order valence-electron chi connectivity index (χ4n) is 3.66. The van der Waals surface area contributed by atoms with Gasteiger partial charge >= 0.3 is 0 Å². The number of rotatable bonds is 6. The summed E-state index contributed by atoms with van der Waals surface area (Å²) in [5.41, 5.74) is 0. The van der Waals surface area contributed by atoms with Crippen LogP contribution in [0.3, 0.4) is 0 Å². The van der Waals surface area contributed by atoms with Crippen molar-refractivity contribution in [3.8, 4) is 0 Å². The first-order valence-corrected chi connectivity index (χ1v) is 9.13. The lowest BCUT2D eigenvalue weighted by molar-refractivity contribution is 0.281. The van der Waals surface area contributed by atoms with Gasteiger partial charge in [-0.3, -0.25) is 4.99 Å². The standard InChI is InChI=1S/C18H30N4O/c1-2-19-18(20-9-7-17-6-5-13-23-17)22-12-8-16(15-22)14-21-10-3-4-11-21/h5-6,13,16H,2-4,7-12,14-15H2,1H3,(H,19,20). The second kappa shape index (κ2) is 8.39. The first-order valence-electron chi connectivity index (χ1n) is 9.13. The molecule has 1 unspecified atom stereocenters. The summed E-state index contributed by atoms with van der Waals surface area (Å²) < 4.78 is 5.38. The largest absolute Gasteiger partial charge is 0.469 e. The van der Waals surface area contributed by atoms with Gasteiger partial charge in [0.05, 0.1) is 6.26 Å². The van der Waals surface area contributed by atoms with Crippen molar-refractivity contribution in [2.45, 2.75) is 32.6 Å². The smallest absolute Gasteiger partial charge is 0.193 e. The van der Waals surface area contributed by atoms with Crippen LogP contribution in [0.4, 0.5) is 0 Å². The predicted octanol–water partition coefficient (Wildman–Crippen LogP) is 2.21. The molecule has 0 bridgehead atoms. The molecule has 128 valence electrons. The van der Waals surface area contributed by atoms with Crippen LogP contribution in [0, 0.1) is 5.92 Å². The van der Waals surface area contributed by atoms with Crippen LogP contribution < -0.4 is 5.32 Å². The molecular weight excluding hydrogens is 288 g/mol.